The van der Waals surface area contributed by atoms with E-state index < -0.39 is 27.3 Å². The van der Waals surface area contributed by atoms with Crippen molar-refractivity contribution < 1.29 is 13.9 Å². The molecule has 2 atom stereocenters. The molecule has 0 radical (unpaired) electrons. The van der Waals surface area contributed by atoms with E-state index in [1.54, 1.807) is 6.26 Å². The number of carbonyl (C=O) groups is 1. The molecule has 20 heavy (non-hydrogen) atoms. The second-order valence-electron chi connectivity index (χ2n) is 4.25. The largest absolute Gasteiger partial charge is 0.352 e. The van der Waals surface area contributed by atoms with Crippen LogP contribution in [0.25, 0.3) is 0 Å². The van der Waals surface area contributed by atoms with Gasteiger partial charge in [0.05, 0.1) is 4.92 Å². The molecule has 1 amide bonds. The SMILES string of the molecule is CC(CCNC(=O)c1cccc(Cl)c1[N+](=O)[O-])S(C)=O. The van der Waals surface area contributed by atoms with E-state index in [9.17, 15) is 19.1 Å². The normalized spacial score (nSPS) is 13.6. The number of amides is 1. The van der Waals surface area contributed by atoms with E-state index in [-0.39, 0.29) is 15.8 Å². The van der Waals surface area contributed by atoms with Gasteiger partial charge in [0.15, 0.2) is 0 Å². The number of hydrogen-bond acceptors (Lipinski definition) is 4. The summed E-state index contributed by atoms with van der Waals surface area (Å²) >= 11 is 5.73. The van der Waals surface area contributed by atoms with Crippen molar-refractivity contribution in [2.75, 3.05) is 12.8 Å². The lowest BCUT2D eigenvalue weighted by Gasteiger charge is -2.09. The average Bonchev–Trinajstić information content (AvgIpc) is 2.37. The van der Waals surface area contributed by atoms with Crippen molar-refractivity contribution in [1.29, 1.82) is 0 Å². The van der Waals surface area contributed by atoms with Gasteiger partial charge in [0.2, 0.25) is 0 Å². The highest BCUT2D eigenvalue weighted by atomic mass is 35.5. The van der Waals surface area contributed by atoms with Gasteiger partial charge in [-0.05, 0) is 18.6 Å². The summed E-state index contributed by atoms with van der Waals surface area (Å²) in [5.41, 5.74) is -0.480. The molecule has 0 aliphatic heterocycles. The summed E-state index contributed by atoms with van der Waals surface area (Å²) in [4.78, 5) is 22.2. The van der Waals surface area contributed by atoms with Crippen LogP contribution in [0, 0.1) is 10.1 Å². The number of nitrogens with one attached hydrogen (secondary N) is 1. The molecule has 8 heteroatoms. The van der Waals surface area contributed by atoms with Gasteiger partial charge in [0.25, 0.3) is 5.91 Å². The van der Waals surface area contributed by atoms with E-state index in [4.69, 9.17) is 11.6 Å². The smallest absolute Gasteiger partial charge is 0.300 e. The second kappa shape index (κ2) is 7.35. The Labute approximate surface area is 124 Å². The molecule has 1 aromatic rings. The first kappa shape index (κ1) is 16.6. The van der Waals surface area contributed by atoms with Crippen LogP contribution in [0.2, 0.25) is 5.02 Å². The highest BCUT2D eigenvalue weighted by Crippen LogP contribution is 2.27. The minimum Gasteiger partial charge on any atom is -0.352 e. The third-order valence-corrected chi connectivity index (χ3v) is 4.49. The van der Waals surface area contributed by atoms with Crippen LogP contribution in [0.1, 0.15) is 23.7 Å². The zero-order valence-electron chi connectivity index (χ0n) is 11.1. The van der Waals surface area contributed by atoms with E-state index in [1.807, 2.05) is 6.92 Å². The molecule has 2 unspecified atom stereocenters. The predicted molar refractivity (Wildman–Crippen MR) is 78.6 cm³/mol. The van der Waals surface area contributed by atoms with Gasteiger partial charge in [-0.3, -0.25) is 19.1 Å². The van der Waals surface area contributed by atoms with E-state index in [1.165, 1.54) is 18.2 Å². The fraction of sp³-hybridized carbons (Fsp3) is 0.417. The molecule has 0 saturated heterocycles. The third-order valence-electron chi connectivity index (χ3n) is 2.82. The number of nitro benzene ring substituents is 1. The van der Waals surface area contributed by atoms with E-state index in [0.29, 0.717) is 13.0 Å². The van der Waals surface area contributed by atoms with Crippen LogP contribution in [0.3, 0.4) is 0 Å². The fourth-order valence-electron chi connectivity index (χ4n) is 1.53. The molecule has 0 heterocycles. The molecule has 1 N–H and O–H groups in total. The third kappa shape index (κ3) is 4.28. The summed E-state index contributed by atoms with van der Waals surface area (Å²) in [7, 11) is -0.966. The number of halogens is 1. The molecule has 0 bridgehead atoms. The Kier molecular flexibility index (Phi) is 6.09. The van der Waals surface area contributed by atoms with Crippen LogP contribution in [0.4, 0.5) is 5.69 Å². The molecule has 0 aliphatic carbocycles. The first-order chi connectivity index (χ1) is 9.34. The maximum atomic E-state index is 11.9. The first-order valence-electron chi connectivity index (χ1n) is 5.88. The number of hydrogen-bond donors (Lipinski definition) is 1. The molecule has 6 nitrogen and oxygen atoms in total. The summed E-state index contributed by atoms with van der Waals surface area (Å²) in [5, 5.41) is 13.4. The average molecular weight is 319 g/mol. The lowest BCUT2D eigenvalue weighted by atomic mass is 10.1. The van der Waals surface area contributed by atoms with Gasteiger partial charge in [0.1, 0.15) is 10.6 Å². The monoisotopic (exact) mass is 318 g/mol. The summed E-state index contributed by atoms with van der Waals surface area (Å²) in [5.74, 6) is -0.562. The summed E-state index contributed by atoms with van der Waals surface area (Å²) < 4.78 is 11.2. The zero-order chi connectivity index (χ0) is 15.3. The Hall–Kier alpha value is -1.47. The van der Waals surface area contributed by atoms with Crippen molar-refractivity contribution >= 4 is 34.0 Å². The van der Waals surface area contributed by atoms with Crippen LogP contribution in [0.15, 0.2) is 18.2 Å². The lowest BCUT2D eigenvalue weighted by Crippen LogP contribution is -2.28. The Morgan fingerprint density at radius 1 is 1.55 bits per heavy atom. The van der Waals surface area contributed by atoms with Crippen molar-refractivity contribution in [3.63, 3.8) is 0 Å². The van der Waals surface area contributed by atoms with Crippen LogP contribution in [0.5, 0.6) is 0 Å². The van der Waals surface area contributed by atoms with Crippen LogP contribution < -0.4 is 5.32 Å². The van der Waals surface area contributed by atoms with Gasteiger partial charge < -0.3 is 5.32 Å². The molecular weight excluding hydrogens is 304 g/mol. The Morgan fingerprint density at radius 3 is 2.75 bits per heavy atom. The van der Waals surface area contributed by atoms with Gasteiger partial charge in [0, 0.05) is 28.9 Å². The molecule has 0 aliphatic rings. The number of nitro groups is 1. The lowest BCUT2D eigenvalue weighted by molar-refractivity contribution is -0.385. The molecule has 1 aromatic carbocycles. The molecule has 110 valence electrons. The molecule has 0 spiro atoms. The maximum absolute atomic E-state index is 11.9. The molecular formula is C12H15ClN2O4S. The van der Waals surface area contributed by atoms with E-state index in [2.05, 4.69) is 5.32 Å². The Morgan fingerprint density at radius 2 is 2.20 bits per heavy atom. The van der Waals surface area contributed by atoms with Gasteiger partial charge in [-0.2, -0.15) is 0 Å². The van der Waals surface area contributed by atoms with Crippen molar-refractivity contribution in [3.8, 4) is 0 Å². The predicted octanol–water partition coefficient (Wildman–Crippen LogP) is 2.14. The van der Waals surface area contributed by atoms with Crippen LogP contribution in [-0.2, 0) is 10.8 Å². The number of nitrogens with zero attached hydrogens (tertiary/aromatic N) is 1. The quantitative estimate of drug-likeness (QED) is 0.642. The summed E-state index contributed by atoms with van der Waals surface area (Å²) in [6.07, 6.45) is 2.12. The standard InChI is InChI=1S/C12H15ClN2O4S/c1-8(20(2)19)6-7-14-12(16)9-4-3-5-10(13)11(9)15(17)18/h3-5,8H,6-7H2,1-2H3,(H,14,16). The van der Waals surface area contributed by atoms with E-state index in [0.717, 1.165) is 0 Å². The van der Waals surface area contributed by atoms with Crippen molar-refractivity contribution in [2.45, 2.75) is 18.6 Å². The maximum Gasteiger partial charge on any atom is 0.300 e. The van der Waals surface area contributed by atoms with Crippen molar-refractivity contribution in [2.24, 2.45) is 0 Å². The number of para-hydroxylation sites is 1. The minimum atomic E-state index is -0.966. The zero-order valence-corrected chi connectivity index (χ0v) is 12.7. The highest BCUT2D eigenvalue weighted by molar-refractivity contribution is 7.84. The Bertz CT molecular complexity index is 550. The number of rotatable bonds is 6. The fourth-order valence-corrected chi connectivity index (χ4v) is 2.23. The van der Waals surface area contributed by atoms with Crippen molar-refractivity contribution in [1.82, 2.24) is 5.32 Å². The van der Waals surface area contributed by atoms with Gasteiger partial charge in [-0.15, -0.1) is 0 Å². The number of benzene rings is 1. The van der Waals surface area contributed by atoms with Gasteiger partial charge in [-0.1, -0.05) is 24.6 Å². The molecule has 0 saturated carbocycles. The van der Waals surface area contributed by atoms with E-state index >= 15 is 0 Å². The van der Waals surface area contributed by atoms with Gasteiger partial charge in [-0.25, -0.2) is 0 Å². The van der Waals surface area contributed by atoms with Gasteiger partial charge >= 0.3 is 5.69 Å². The highest BCUT2D eigenvalue weighted by Gasteiger charge is 2.23. The summed E-state index contributed by atoms with van der Waals surface area (Å²) in [6.45, 7) is 2.10. The minimum absolute atomic E-state index is 0.0513. The molecule has 0 aromatic heterocycles. The van der Waals surface area contributed by atoms with Crippen molar-refractivity contribution in [3.05, 3.63) is 38.9 Å². The topological polar surface area (TPSA) is 89.3 Å². The Balaban J connectivity index is 2.76. The number of carbonyl (C=O) groups excluding carboxylic acids is 1. The van der Waals surface area contributed by atoms with Crippen LogP contribution >= 0.6 is 11.6 Å². The second-order valence-corrected chi connectivity index (χ2v) is 6.46. The first-order valence-corrected chi connectivity index (χ1v) is 7.87. The molecule has 1 rings (SSSR count). The van der Waals surface area contributed by atoms with Crippen LogP contribution in [-0.4, -0.2) is 33.1 Å². The summed E-state index contributed by atoms with van der Waals surface area (Å²) in [6, 6.07) is 4.19. The molecule has 0 fully saturated rings.